The van der Waals surface area contributed by atoms with E-state index in [0.717, 1.165) is 76.0 Å². The molecule has 0 aromatic carbocycles. The Morgan fingerprint density at radius 1 is 0.576 bits per heavy atom. The van der Waals surface area contributed by atoms with Crippen molar-refractivity contribution < 1.29 is 24.8 Å². The first-order valence-corrected chi connectivity index (χ1v) is 25.0. The van der Waals surface area contributed by atoms with Gasteiger partial charge in [-0.25, -0.2) is 0 Å². The van der Waals surface area contributed by atoms with Gasteiger partial charge in [-0.05, 0) is 113 Å². The van der Waals surface area contributed by atoms with Crippen molar-refractivity contribution in [3.63, 3.8) is 0 Å². The van der Waals surface area contributed by atoms with Crippen molar-refractivity contribution in [2.45, 2.75) is 143 Å². The average molecular weight is 837 g/mol. The molecule has 7 aliphatic rings. The fourth-order valence-corrected chi connectivity index (χ4v) is 10.7. The number of likely N-dealkylation sites (tertiary alicyclic amines) is 2. The number of aliphatic hydroxyl groups is 1. The normalized spacial score (nSPS) is 32.4. The molecule has 0 bridgehead atoms. The topological polar surface area (TPSA) is 111 Å². The predicted octanol–water partition coefficient (Wildman–Crippen LogP) is 5.34. The summed E-state index contributed by atoms with van der Waals surface area (Å²) in [6, 6.07) is 0. The van der Waals surface area contributed by atoms with Crippen LogP contribution in [0.25, 0.3) is 0 Å². The molecule has 7 rings (SSSR count). The van der Waals surface area contributed by atoms with Crippen molar-refractivity contribution in [1.82, 2.24) is 29.8 Å². The Balaban J connectivity index is 0.000000215. The fourth-order valence-electron chi connectivity index (χ4n) is 10.7. The summed E-state index contributed by atoms with van der Waals surface area (Å²) in [4.78, 5) is 12.9. The van der Waals surface area contributed by atoms with Crippen molar-refractivity contribution in [1.29, 1.82) is 0 Å². The molecule has 0 amide bonds. The number of hydrogen-bond donors (Lipinski definition) is 2. The van der Waals surface area contributed by atoms with E-state index in [-0.39, 0.29) is 11.6 Å². The van der Waals surface area contributed by atoms with Gasteiger partial charge in [0.05, 0.1) is 38.1 Å². The summed E-state index contributed by atoms with van der Waals surface area (Å²) in [5, 5.41) is 14.0. The molecule has 348 valence electrons. The zero-order valence-electron chi connectivity index (χ0n) is 39.3. The molecule has 5 aliphatic heterocycles. The number of epoxide rings is 1. The highest BCUT2D eigenvalue weighted by atomic mass is 16.6. The SMILES string of the molecule is C1CCN(CCN2CCNCC2)CC1.CC1CCC(C(C)C)C(OCC(O)CN2CCN(CCN3CCCCC3)CC2)C1.CC1CCC(C(C)C)C(OCC2CO2)C1.O. The molecular formula is C48H96N6O5. The van der Waals surface area contributed by atoms with Crippen molar-refractivity contribution in [2.75, 3.05) is 131 Å². The molecule has 7 fully saturated rings. The van der Waals surface area contributed by atoms with Gasteiger partial charge in [-0.3, -0.25) is 14.7 Å². The molecule has 11 heteroatoms. The maximum atomic E-state index is 10.6. The van der Waals surface area contributed by atoms with Crippen LogP contribution in [0.1, 0.15) is 119 Å². The van der Waals surface area contributed by atoms with E-state index in [1.165, 1.54) is 149 Å². The van der Waals surface area contributed by atoms with Crippen LogP contribution in [-0.2, 0) is 14.2 Å². The summed E-state index contributed by atoms with van der Waals surface area (Å²) in [5.74, 6) is 4.43. The summed E-state index contributed by atoms with van der Waals surface area (Å²) in [6.45, 7) is 36.5. The highest BCUT2D eigenvalue weighted by Gasteiger charge is 2.34. The third kappa shape index (κ3) is 19.9. The van der Waals surface area contributed by atoms with Gasteiger partial charge in [0.1, 0.15) is 6.10 Å². The Morgan fingerprint density at radius 2 is 1.00 bits per heavy atom. The molecule has 5 saturated heterocycles. The third-order valence-corrected chi connectivity index (χ3v) is 14.8. The second-order valence-electron chi connectivity index (χ2n) is 20.5. The zero-order chi connectivity index (χ0) is 41.1. The van der Waals surface area contributed by atoms with Gasteiger partial charge in [0.25, 0.3) is 0 Å². The quantitative estimate of drug-likeness (QED) is 0.198. The lowest BCUT2D eigenvalue weighted by molar-refractivity contribution is -0.0754. The van der Waals surface area contributed by atoms with Crippen LogP contribution in [0.15, 0.2) is 0 Å². The zero-order valence-corrected chi connectivity index (χ0v) is 39.3. The first-order chi connectivity index (χ1) is 28.1. The maximum Gasteiger partial charge on any atom is 0.104 e. The Hall–Kier alpha value is -0.440. The number of nitrogens with zero attached hydrogens (tertiary/aromatic N) is 5. The minimum Gasteiger partial charge on any atom is -0.412 e. The first kappa shape index (κ1) is 51.2. The lowest BCUT2D eigenvalue weighted by Gasteiger charge is -2.39. The van der Waals surface area contributed by atoms with Crippen molar-refractivity contribution >= 4 is 0 Å². The van der Waals surface area contributed by atoms with Crippen LogP contribution in [0.2, 0.25) is 0 Å². The molecule has 11 nitrogen and oxygen atoms in total. The Bertz CT molecular complexity index is 1030. The summed E-state index contributed by atoms with van der Waals surface area (Å²) in [5.41, 5.74) is 0. The van der Waals surface area contributed by atoms with Crippen LogP contribution in [-0.4, -0.2) is 191 Å². The van der Waals surface area contributed by atoms with E-state index in [2.05, 4.69) is 71.4 Å². The summed E-state index contributed by atoms with van der Waals surface area (Å²) < 4.78 is 17.5. The molecule has 2 saturated carbocycles. The molecule has 8 atom stereocenters. The lowest BCUT2D eigenvalue weighted by atomic mass is 9.75. The number of aliphatic hydroxyl groups excluding tert-OH is 1. The highest BCUT2D eigenvalue weighted by molar-refractivity contribution is 4.84. The monoisotopic (exact) mass is 837 g/mol. The Morgan fingerprint density at radius 3 is 1.46 bits per heavy atom. The molecule has 8 unspecified atom stereocenters. The number of rotatable bonds is 16. The smallest absolute Gasteiger partial charge is 0.104 e. The van der Waals surface area contributed by atoms with Gasteiger partial charge in [0.2, 0.25) is 0 Å². The molecule has 0 radical (unpaired) electrons. The second-order valence-corrected chi connectivity index (χ2v) is 20.5. The summed E-state index contributed by atoms with van der Waals surface area (Å²) in [6.07, 6.45) is 17.1. The molecule has 0 aromatic rings. The molecule has 0 aromatic heterocycles. The van der Waals surface area contributed by atoms with Crippen LogP contribution >= 0.6 is 0 Å². The van der Waals surface area contributed by atoms with Crippen LogP contribution < -0.4 is 5.32 Å². The van der Waals surface area contributed by atoms with E-state index in [9.17, 15) is 5.11 Å². The van der Waals surface area contributed by atoms with Crippen LogP contribution in [0.5, 0.6) is 0 Å². The molecule has 4 N–H and O–H groups in total. The van der Waals surface area contributed by atoms with E-state index in [1.54, 1.807) is 0 Å². The number of ether oxygens (including phenoxy) is 3. The van der Waals surface area contributed by atoms with Crippen LogP contribution in [0, 0.1) is 35.5 Å². The molecule has 59 heavy (non-hydrogen) atoms. The van der Waals surface area contributed by atoms with E-state index in [4.69, 9.17) is 14.2 Å². The van der Waals surface area contributed by atoms with E-state index < -0.39 is 0 Å². The van der Waals surface area contributed by atoms with Gasteiger partial charge in [0.15, 0.2) is 0 Å². The van der Waals surface area contributed by atoms with E-state index in [0.29, 0.717) is 36.8 Å². The van der Waals surface area contributed by atoms with Crippen LogP contribution in [0.3, 0.4) is 0 Å². The lowest BCUT2D eigenvalue weighted by Crippen LogP contribution is -2.51. The minimum absolute atomic E-state index is 0. The predicted molar refractivity (Wildman–Crippen MR) is 244 cm³/mol. The molecule has 5 heterocycles. The number of hydrogen-bond acceptors (Lipinski definition) is 10. The van der Waals surface area contributed by atoms with Crippen LogP contribution in [0.4, 0.5) is 0 Å². The van der Waals surface area contributed by atoms with Crippen molar-refractivity contribution in [2.24, 2.45) is 35.5 Å². The standard InChI is InChI=1S/C24H47N3O2.C13H24O2.C11H23N3.H2O/c1-20(2)23-8-7-21(3)17-24(23)29-19-22(28)18-27-15-13-26(14-16-27)12-11-25-9-5-4-6-10-25;1-9(2)12-5-4-10(3)6-13(12)15-8-11-7-14-11;1-2-6-13(7-3-1)10-11-14-8-4-12-5-9-14;/h20-24,28H,4-19H2,1-3H3;9-13H,4-8H2,1-3H3;12H,1-11H2;1H2. The van der Waals surface area contributed by atoms with E-state index in [1.807, 2.05) is 0 Å². The van der Waals surface area contributed by atoms with E-state index >= 15 is 0 Å². The minimum atomic E-state index is -0.361. The van der Waals surface area contributed by atoms with Gasteiger partial charge in [-0.2, -0.15) is 0 Å². The number of piperazine rings is 2. The van der Waals surface area contributed by atoms with Gasteiger partial charge in [0, 0.05) is 85.1 Å². The van der Waals surface area contributed by atoms with Gasteiger partial charge >= 0.3 is 0 Å². The highest BCUT2D eigenvalue weighted by Crippen LogP contribution is 2.36. The average Bonchev–Trinajstić information content (AvgIpc) is 4.07. The molecule has 0 spiro atoms. The number of nitrogens with one attached hydrogen (secondary N) is 1. The number of β-amino-alcohol motifs (C(OH)–C–C–N with tert-alkyl or cyclic N) is 1. The Kier molecular flexibility index (Phi) is 24.6. The van der Waals surface area contributed by atoms with Gasteiger partial charge in [-0.15, -0.1) is 0 Å². The van der Waals surface area contributed by atoms with Gasteiger partial charge in [-0.1, -0.05) is 67.2 Å². The van der Waals surface area contributed by atoms with Crippen molar-refractivity contribution in [3.05, 3.63) is 0 Å². The Labute approximate surface area is 363 Å². The van der Waals surface area contributed by atoms with Crippen molar-refractivity contribution in [3.8, 4) is 0 Å². The summed E-state index contributed by atoms with van der Waals surface area (Å²) >= 11 is 0. The second kappa shape index (κ2) is 28.4. The molecule has 2 aliphatic carbocycles. The third-order valence-electron chi connectivity index (χ3n) is 14.8. The largest absolute Gasteiger partial charge is 0.412 e. The molecular weight excluding hydrogens is 741 g/mol. The number of piperidine rings is 2. The maximum absolute atomic E-state index is 10.6. The fraction of sp³-hybridized carbons (Fsp3) is 1.00. The van der Waals surface area contributed by atoms with Gasteiger partial charge < -0.3 is 39.9 Å². The summed E-state index contributed by atoms with van der Waals surface area (Å²) in [7, 11) is 0. The first-order valence-electron chi connectivity index (χ1n) is 25.0.